The van der Waals surface area contributed by atoms with Crippen LogP contribution in [0, 0.1) is 5.92 Å². The van der Waals surface area contributed by atoms with Gasteiger partial charge in [-0.1, -0.05) is 24.3 Å². The van der Waals surface area contributed by atoms with Crippen molar-refractivity contribution in [2.24, 2.45) is 5.92 Å². The van der Waals surface area contributed by atoms with E-state index in [4.69, 9.17) is 9.84 Å². The Morgan fingerprint density at radius 3 is 2.89 bits per heavy atom. The molecule has 1 aromatic rings. The van der Waals surface area contributed by atoms with Crippen molar-refractivity contribution in [3.05, 3.63) is 35.4 Å². The molecule has 1 heterocycles. The van der Waals surface area contributed by atoms with E-state index >= 15 is 0 Å². The molecule has 0 radical (unpaired) electrons. The molecule has 1 aromatic carbocycles. The van der Waals surface area contributed by atoms with Gasteiger partial charge in [-0.25, -0.2) is 0 Å². The zero-order chi connectivity index (χ0) is 13.2. The van der Waals surface area contributed by atoms with Crippen molar-refractivity contribution < 1.29 is 14.6 Å². The first-order chi connectivity index (χ1) is 9.24. The van der Waals surface area contributed by atoms with Gasteiger partial charge in [0.1, 0.15) is 0 Å². The molecule has 1 saturated carbocycles. The van der Waals surface area contributed by atoms with Gasteiger partial charge in [0.05, 0.1) is 25.8 Å². The SMILES string of the molecule is O=C(O)CN(CC1CC1)C1COCc2ccccc21. The number of ether oxygens (including phenoxy) is 1. The van der Waals surface area contributed by atoms with Crippen molar-refractivity contribution in [1.29, 1.82) is 0 Å². The lowest BCUT2D eigenvalue weighted by Crippen LogP contribution is -2.39. The Morgan fingerprint density at radius 2 is 2.16 bits per heavy atom. The van der Waals surface area contributed by atoms with Gasteiger partial charge in [0.25, 0.3) is 0 Å². The van der Waals surface area contributed by atoms with Crippen LogP contribution in [-0.4, -0.2) is 35.7 Å². The quantitative estimate of drug-likeness (QED) is 0.881. The van der Waals surface area contributed by atoms with E-state index in [9.17, 15) is 4.79 Å². The van der Waals surface area contributed by atoms with E-state index in [0.29, 0.717) is 19.1 Å². The minimum absolute atomic E-state index is 0.0849. The van der Waals surface area contributed by atoms with Crippen LogP contribution in [0.3, 0.4) is 0 Å². The Kier molecular flexibility index (Phi) is 3.53. The molecule has 3 rings (SSSR count). The van der Waals surface area contributed by atoms with Gasteiger partial charge in [0.2, 0.25) is 0 Å². The summed E-state index contributed by atoms with van der Waals surface area (Å²) in [6.07, 6.45) is 2.46. The van der Waals surface area contributed by atoms with Crippen LogP contribution >= 0.6 is 0 Å². The molecular formula is C15H19NO3. The van der Waals surface area contributed by atoms with Gasteiger partial charge < -0.3 is 9.84 Å². The fraction of sp³-hybridized carbons (Fsp3) is 0.533. The van der Waals surface area contributed by atoms with Crippen molar-refractivity contribution in [3.63, 3.8) is 0 Å². The van der Waals surface area contributed by atoms with Gasteiger partial charge in [-0.3, -0.25) is 9.69 Å². The van der Waals surface area contributed by atoms with E-state index in [1.54, 1.807) is 0 Å². The third-order valence-electron chi connectivity index (χ3n) is 3.92. The van der Waals surface area contributed by atoms with Crippen LogP contribution in [0.4, 0.5) is 0 Å². The van der Waals surface area contributed by atoms with Gasteiger partial charge in [0.15, 0.2) is 0 Å². The molecule has 4 nitrogen and oxygen atoms in total. The second-order valence-electron chi connectivity index (χ2n) is 5.50. The fourth-order valence-electron chi connectivity index (χ4n) is 2.77. The first-order valence-corrected chi connectivity index (χ1v) is 6.85. The molecule has 0 saturated heterocycles. The summed E-state index contributed by atoms with van der Waals surface area (Å²) < 4.78 is 5.64. The van der Waals surface area contributed by atoms with Crippen molar-refractivity contribution in [1.82, 2.24) is 4.90 Å². The lowest BCUT2D eigenvalue weighted by atomic mass is 9.97. The Bertz CT molecular complexity index is 470. The Balaban J connectivity index is 1.83. The number of carboxylic acid groups (broad SMARTS) is 1. The average molecular weight is 261 g/mol. The zero-order valence-electron chi connectivity index (χ0n) is 10.9. The summed E-state index contributed by atoms with van der Waals surface area (Å²) >= 11 is 0. The molecule has 1 fully saturated rings. The fourth-order valence-corrected chi connectivity index (χ4v) is 2.77. The van der Waals surface area contributed by atoms with Crippen molar-refractivity contribution in [2.45, 2.75) is 25.5 Å². The van der Waals surface area contributed by atoms with Gasteiger partial charge in [0, 0.05) is 6.54 Å². The lowest BCUT2D eigenvalue weighted by Gasteiger charge is -2.34. The lowest BCUT2D eigenvalue weighted by molar-refractivity contribution is -0.139. The highest BCUT2D eigenvalue weighted by molar-refractivity contribution is 5.69. The average Bonchev–Trinajstić information content (AvgIpc) is 3.21. The summed E-state index contributed by atoms with van der Waals surface area (Å²) in [5.41, 5.74) is 2.42. The van der Waals surface area contributed by atoms with E-state index in [1.807, 2.05) is 12.1 Å². The number of hydrogen-bond donors (Lipinski definition) is 1. The van der Waals surface area contributed by atoms with Crippen LogP contribution in [0.25, 0.3) is 0 Å². The molecule has 1 aliphatic carbocycles. The second kappa shape index (κ2) is 5.31. The summed E-state index contributed by atoms with van der Waals surface area (Å²) in [6, 6.07) is 8.28. The molecule has 1 N–H and O–H groups in total. The minimum atomic E-state index is -0.760. The zero-order valence-corrected chi connectivity index (χ0v) is 10.9. The summed E-state index contributed by atoms with van der Waals surface area (Å²) in [5.74, 6) is -0.0860. The van der Waals surface area contributed by atoms with Crippen LogP contribution in [0.15, 0.2) is 24.3 Å². The molecule has 0 spiro atoms. The van der Waals surface area contributed by atoms with Gasteiger partial charge in [-0.2, -0.15) is 0 Å². The number of carboxylic acids is 1. The molecule has 0 amide bonds. The number of hydrogen-bond acceptors (Lipinski definition) is 3. The molecule has 102 valence electrons. The summed E-state index contributed by atoms with van der Waals surface area (Å²) in [4.78, 5) is 13.2. The van der Waals surface area contributed by atoms with E-state index in [-0.39, 0.29) is 12.6 Å². The number of carbonyl (C=O) groups is 1. The first-order valence-electron chi connectivity index (χ1n) is 6.85. The first kappa shape index (κ1) is 12.6. The topological polar surface area (TPSA) is 49.8 Å². The molecule has 1 unspecified atom stereocenters. The predicted molar refractivity (Wildman–Crippen MR) is 70.8 cm³/mol. The second-order valence-corrected chi connectivity index (χ2v) is 5.50. The maximum Gasteiger partial charge on any atom is 0.317 e. The number of benzene rings is 1. The van der Waals surface area contributed by atoms with Crippen LogP contribution in [0.1, 0.15) is 30.0 Å². The van der Waals surface area contributed by atoms with E-state index in [1.165, 1.54) is 24.0 Å². The number of nitrogens with zero attached hydrogens (tertiary/aromatic N) is 1. The van der Waals surface area contributed by atoms with Gasteiger partial charge in [-0.15, -0.1) is 0 Å². The number of rotatable bonds is 5. The Labute approximate surface area is 113 Å². The Morgan fingerprint density at radius 1 is 1.37 bits per heavy atom. The third kappa shape index (κ3) is 2.96. The Hall–Kier alpha value is -1.39. The number of fused-ring (bicyclic) bond motifs is 1. The van der Waals surface area contributed by atoms with Crippen molar-refractivity contribution in [2.75, 3.05) is 19.7 Å². The van der Waals surface area contributed by atoms with Gasteiger partial charge >= 0.3 is 5.97 Å². The maximum absolute atomic E-state index is 11.1. The highest BCUT2D eigenvalue weighted by Gasteiger charge is 2.32. The molecular weight excluding hydrogens is 242 g/mol. The normalized spacial score (nSPS) is 22.3. The van der Waals surface area contributed by atoms with E-state index < -0.39 is 5.97 Å². The molecule has 0 aromatic heterocycles. The minimum Gasteiger partial charge on any atom is -0.480 e. The highest BCUT2D eigenvalue weighted by atomic mass is 16.5. The third-order valence-corrected chi connectivity index (χ3v) is 3.92. The number of aliphatic carboxylic acids is 1. The molecule has 19 heavy (non-hydrogen) atoms. The van der Waals surface area contributed by atoms with Crippen molar-refractivity contribution in [3.8, 4) is 0 Å². The molecule has 0 bridgehead atoms. The largest absolute Gasteiger partial charge is 0.480 e. The maximum atomic E-state index is 11.1. The summed E-state index contributed by atoms with van der Waals surface area (Å²) in [6.45, 7) is 2.20. The van der Waals surface area contributed by atoms with Crippen molar-refractivity contribution >= 4 is 5.97 Å². The van der Waals surface area contributed by atoms with Crippen LogP contribution in [0.5, 0.6) is 0 Å². The van der Waals surface area contributed by atoms with Gasteiger partial charge in [-0.05, 0) is 29.9 Å². The summed E-state index contributed by atoms with van der Waals surface area (Å²) in [5, 5.41) is 9.11. The summed E-state index contributed by atoms with van der Waals surface area (Å²) in [7, 11) is 0. The van der Waals surface area contributed by atoms with E-state index in [2.05, 4.69) is 17.0 Å². The molecule has 2 aliphatic rings. The monoisotopic (exact) mass is 261 g/mol. The smallest absolute Gasteiger partial charge is 0.317 e. The van der Waals surface area contributed by atoms with Crippen LogP contribution in [-0.2, 0) is 16.1 Å². The predicted octanol–water partition coefficient (Wildman–Crippen LogP) is 2.05. The van der Waals surface area contributed by atoms with Crippen LogP contribution in [0.2, 0.25) is 0 Å². The van der Waals surface area contributed by atoms with E-state index in [0.717, 1.165) is 6.54 Å². The molecule has 4 heteroatoms. The molecule has 1 atom stereocenters. The standard InChI is InChI=1S/C15H19NO3/c17-15(18)8-16(7-11-5-6-11)14-10-19-9-12-3-1-2-4-13(12)14/h1-4,11,14H,5-10H2,(H,17,18). The van der Waals surface area contributed by atoms with Crippen LogP contribution < -0.4 is 0 Å². The highest BCUT2D eigenvalue weighted by Crippen LogP contribution is 2.35. The molecule has 1 aliphatic heterocycles.